The van der Waals surface area contributed by atoms with Gasteiger partial charge in [0.25, 0.3) is 0 Å². The molecular weight excluding hydrogens is 212 g/mol. The first-order valence-corrected chi connectivity index (χ1v) is 8.91. The van der Waals surface area contributed by atoms with Crippen LogP contribution in [0.5, 0.6) is 0 Å². The Morgan fingerprint density at radius 2 is 1.81 bits per heavy atom. The van der Waals surface area contributed by atoms with Gasteiger partial charge in [0.2, 0.25) is 0 Å². The lowest BCUT2D eigenvalue weighted by Crippen LogP contribution is -2.17. The Hall–Kier alpha value is -1.30. The van der Waals surface area contributed by atoms with E-state index in [1.54, 1.807) is 6.08 Å². The molecule has 0 aliphatic carbocycles. The van der Waals surface area contributed by atoms with Crippen molar-refractivity contribution in [1.82, 2.24) is 0 Å². The molecule has 0 saturated carbocycles. The van der Waals surface area contributed by atoms with Gasteiger partial charge in [0.05, 0.1) is 0 Å². The van der Waals surface area contributed by atoms with Gasteiger partial charge in [-0.2, -0.15) is 0 Å². The molecule has 1 aromatic rings. The third kappa shape index (κ3) is 5.55. The first-order valence-electron chi connectivity index (χ1n) is 5.41. The maximum absolute atomic E-state index is 9.64. The molecule has 0 saturated heterocycles. The van der Waals surface area contributed by atoms with E-state index in [1.807, 2.05) is 36.4 Å². The Labute approximate surface area is 98.8 Å². The Morgan fingerprint density at radius 3 is 2.38 bits per heavy atom. The summed E-state index contributed by atoms with van der Waals surface area (Å²) in [4.78, 5) is 0. The summed E-state index contributed by atoms with van der Waals surface area (Å²) in [5, 5.41) is 9.64. The Kier molecular flexibility index (Phi) is 4.54. The zero-order valence-electron chi connectivity index (χ0n) is 10.1. The largest absolute Gasteiger partial charge is 0.377 e. The SMILES string of the molecule is C[Si](C)(C)C#C[C@@H](O)/C=C/c1ccccc1. The van der Waals surface area contributed by atoms with Crippen LogP contribution >= 0.6 is 0 Å². The summed E-state index contributed by atoms with van der Waals surface area (Å²) in [5.74, 6) is 2.87. The molecule has 1 nitrogen and oxygen atoms in total. The van der Waals surface area contributed by atoms with E-state index in [2.05, 4.69) is 31.1 Å². The van der Waals surface area contributed by atoms with Gasteiger partial charge in [0.1, 0.15) is 14.2 Å². The predicted octanol–water partition coefficient (Wildman–Crippen LogP) is 2.94. The van der Waals surface area contributed by atoms with E-state index < -0.39 is 14.2 Å². The molecule has 0 amide bonds. The molecule has 2 heteroatoms. The fraction of sp³-hybridized carbons (Fsp3) is 0.286. The number of aliphatic hydroxyl groups excluding tert-OH is 1. The van der Waals surface area contributed by atoms with E-state index in [0.29, 0.717) is 0 Å². The summed E-state index contributed by atoms with van der Waals surface area (Å²) in [6.07, 6.45) is 2.96. The molecule has 0 aliphatic rings. The number of rotatable bonds is 2. The van der Waals surface area contributed by atoms with Gasteiger partial charge >= 0.3 is 0 Å². The van der Waals surface area contributed by atoms with Crippen molar-refractivity contribution in [1.29, 1.82) is 0 Å². The summed E-state index contributed by atoms with van der Waals surface area (Å²) in [6.45, 7) is 6.48. The Balaban J connectivity index is 2.61. The van der Waals surface area contributed by atoms with Crippen LogP contribution < -0.4 is 0 Å². The van der Waals surface area contributed by atoms with Crippen molar-refractivity contribution in [2.24, 2.45) is 0 Å². The first kappa shape index (κ1) is 12.8. The van der Waals surface area contributed by atoms with Crippen molar-refractivity contribution < 1.29 is 5.11 Å². The van der Waals surface area contributed by atoms with E-state index in [1.165, 1.54) is 0 Å². The third-order valence-corrected chi connectivity index (χ3v) is 2.76. The van der Waals surface area contributed by atoms with Gasteiger partial charge in [0.15, 0.2) is 0 Å². The molecule has 84 valence electrons. The summed E-state index contributed by atoms with van der Waals surface area (Å²) in [7, 11) is -1.38. The fourth-order valence-electron chi connectivity index (χ4n) is 1.10. The van der Waals surface area contributed by atoms with Gasteiger partial charge in [0, 0.05) is 0 Å². The molecular formula is C14H18OSi. The average molecular weight is 230 g/mol. The molecule has 0 unspecified atom stereocenters. The molecule has 0 aromatic heterocycles. The lowest BCUT2D eigenvalue weighted by molar-refractivity contribution is 0.281. The minimum Gasteiger partial charge on any atom is -0.377 e. The van der Waals surface area contributed by atoms with Crippen molar-refractivity contribution in [3.63, 3.8) is 0 Å². The van der Waals surface area contributed by atoms with Crippen LogP contribution in [0.25, 0.3) is 6.08 Å². The topological polar surface area (TPSA) is 20.2 Å². The van der Waals surface area contributed by atoms with E-state index in [9.17, 15) is 5.11 Å². The zero-order chi connectivity index (χ0) is 12.0. The van der Waals surface area contributed by atoms with E-state index >= 15 is 0 Å². The van der Waals surface area contributed by atoms with Crippen molar-refractivity contribution in [2.45, 2.75) is 25.7 Å². The van der Waals surface area contributed by atoms with Crippen LogP contribution in [0.1, 0.15) is 5.56 Å². The second-order valence-electron chi connectivity index (χ2n) is 4.73. The second-order valence-corrected chi connectivity index (χ2v) is 9.48. The smallest absolute Gasteiger partial charge is 0.133 e. The maximum atomic E-state index is 9.64. The number of benzene rings is 1. The molecule has 1 rings (SSSR count). The van der Waals surface area contributed by atoms with Gasteiger partial charge in [-0.15, -0.1) is 5.54 Å². The quantitative estimate of drug-likeness (QED) is 0.612. The molecule has 0 heterocycles. The van der Waals surface area contributed by atoms with Crippen molar-refractivity contribution in [3.8, 4) is 11.5 Å². The predicted molar refractivity (Wildman–Crippen MR) is 72.6 cm³/mol. The molecule has 1 aromatic carbocycles. The van der Waals surface area contributed by atoms with Crippen LogP contribution in [-0.2, 0) is 0 Å². The highest BCUT2D eigenvalue weighted by Crippen LogP contribution is 2.02. The maximum Gasteiger partial charge on any atom is 0.133 e. The molecule has 0 spiro atoms. The van der Waals surface area contributed by atoms with Gasteiger partial charge in [-0.05, 0) is 11.6 Å². The molecule has 1 N–H and O–H groups in total. The lowest BCUT2D eigenvalue weighted by Gasteiger charge is -2.04. The van der Waals surface area contributed by atoms with Crippen molar-refractivity contribution >= 4 is 14.1 Å². The van der Waals surface area contributed by atoms with Gasteiger partial charge in [-0.1, -0.05) is 62.0 Å². The van der Waals surface area contributed by atoms with Crippen molar-refractivity contribution in [2.75, 3.05) is 0 Å². The summed E-state index contributed by atoms with van der Waals surface area (Å²) >= 11 is 0. The van der Waals surface area contributed by atoms with Crippen LogP contribution in [0.3, 0.4) is 0 Å². The standard InChI is InChI=1S/C14H18OSi/c1-16(2,3)12-11-14(15)10-9-13-7-5-4-6-8-13/h4-10,14-15H,1-3H3/b10-9+/t14-/m0/s1. The molecule has 0 radical (unpaired) electrons. The van der Waals surface area contributed by atoms with Crippen LogP contribution in [-0.4, -0.2) is 19.3 Å². The third-order valence-electron chi connectivity index (χ3n) is 1.87. The number of hydrogen-bond acceptors (Lipinski definition) is 1. The second kappa shape index (κ2) is 5.69. The van der Waals surface area contributed by atoms with Crippen molar-refractivity contribution in [3.05, 3.63) is 42.0 Å². The first-order chi connectivity index (χ1) is 7.47. The van der Waals surface area contributed by atoms with E-state index in [-0.39, 0.29) is 0 Å². The molecule has 16 heavy (non-hydrogen) atoms. The molecule has 0 fully saturated rings. The zero-order valence-corrected chi connectivity index (χ0v) is 11.1. The number of aliphatic hydroxyl groups is 1. The van der Waals surface area contributed by atoms with Crippen LogP contribution in [0.2, 0.25) is 19.6 Å². The Bertz CT molecular complexity index is 404. The molecule has 0 aliphatic heterocycles. The minimum absolute atomic E-state index is 0.660. The van der Waals surface area contributed by atoms with Crippen LogP contribution in [0, 0.1) is 11.5 Å². The highest BCUT2D eigenvalue weighted by Gasteiger charge is 2.07. The highest BCUT2D eigenvalue weighted by molar-refractivity contribution is 6.83. The molecule has 1 atom stereocenters. The van der Waals surface area contributed by atoms with Gasteiger partial charge < -0.3 is 5.11 Å². The minimum atomic E-state index is -1.38. The van der Waals surface area contributed by atoms with E-state index in [0.717, 1.165) is 5.56 Å². The van der Waals surface area contributed by atoms with Gasteiger partial charge in [-0.25, -0.2) is 0 Å². The normalized spacial score (nSPS) is 13.2. The average Bonchev–Trinajstić information content (AvgIpc) is 2.24. The summed E-state index contributed by atoms with van der Waals surface area (Å²) in [6, 6.07) is 9.91. The molecule has 0 bridgehead atoms. The fourth-order valence-corrected chi connectivity index (χ4v) is 1.69. The van der Waals surface area contributed by atoms with Crippen LogP contribution in [0.4, 0.5) is 0 Å². The summed E-state index contributed by atoms with van der Waals surface area (Å²) in [5.41, 5.74) is 4.23. The highest BCUT2D eigenvalue weighted by atomic mass is 28.3. The Morgan fingerprint density at radius 1 is 1.19 bits per heavy atom. The van der Waals surface area contributed by atoms with E-state index in [4.69, 9.17) is 0 Å². The summed E-state index contributed by atoms with van der Waals surface area (Å²) < 4.78 is 0. The van der Waals surface area contributed by atoms with Crippen LogP contribution in [0.15, 0.2) is 36.4 Å². The lowest BCUT2D eigenvalue weighted by atomic mass is 10.2. The number of hydrogen-bond donors (Lipinski definition) is 1. The van der Waals surface area contributed by atoms with Gasteiger partial charge in [-0.3, -0.25) is 0 Å². The monoisotopic (exact) mass is 230 g/mol.